The molecule has 0 aliphatic carbocycles. The quantitative estimate of drug-likeness (QED) is 0.777. The van der Waals surface area contributed by atoms with Gasteiger partial charge in [0, 0.05) is 32.2 Å². The van der Waals surface area contributed by atoms with E-state index in [1.165, 1.54) is 16.7 Å². The average molecular weight is 277 g/mol. The summed E-state index contributed by atoms with van der Waals surface area (Å²) in [5.74, 6) is 0. The van der Waals surface area contributed by atoms with Gasteiger partial charge in [-0.15, -0.1) is 0 Å². The molecule has 1 aliphatic heterocycles. The van der Waals surface area contributed by atoms with Crippen LogP contribution in [0.4, 0.5) is 0 Å². The van der Waals surface area contributed by atoms with Gasteiger partial charge in [-0.05, 0) is 43.4 Å². The Labute approximate surface area is 122 Å². The molecule has 1 N–H and O–H groups in total. The van der Waals surface area contributed by atoms with Crippen LogP contribution in [0.25, 0.3) is 0 Å². The minimum atomic E-state index is 0.245. The van der Waals surface area contributed by atoms with E-state index in [1.807, 2.05) is 0 Å². The minimum Gasteiger partial charge on any atom is -0.383 e. The summed E-state index contributed by atoms with van der Waals surface area (Å²) >= 11 is 0. The van der Waals surface area contributed by atoms with Crippen molar-refractivity contribution in [2.75, 3.05) is 40.0 Å². The van der Waals surface area contributed by atoms with E-state index in [4.69, 9.17) is 9.47 Å². The molecule has 2 rings (SSSR count). The number of hydrogen-bond donors (Lipinski definition) is 1. The van der Waals surface area contributed by atoms with Gasteiger partial charge in [0.2, 0.25) is 0 Å². The third-order valence-corrected chi connectivity index (χ3v) is 4.32. The van der Waals surface area contributed by atoms with E-state index < -0.39 is 0 Å². The maximum Gasteiger partial charge on any atom is 0.0587 e. The van der Waals surface area contributed by atoms with Gasteiger partial charge >= 0.3 is 0 Å². The second kappa shape index (κ2) is 7.21. The molecule has 1 heterocycles. The van der Waals surface area contributed by atoms with Crippen LogP contribution in [0.15, 0.2) is 18.2 Å². The standard InChI is InChI=1S/C17H27NO2/c1-14-4-5-16(10-15(14)2)11-17(6-8-20-13-17)12-18-7-9-19-3/h4-5,10,18H,6-9,11-13H2,1-3H3. The molecular formula is C17H27NO2. The normalized spacial score (nSPS) is 22.4. The van der Waals surface area contributed by atoms with E-state index in [9.17, 15) is 0 Å². The lowest BCUT2D eigenvalue weighted by Crippen LogP contribution is -2.38. The summed E-state index contributed by atoms with van der Waals surface area (Å²) in [4.78, 5) is 0. The molecule has 0 aromatic heterocycles. The zero-order valence-electron chi connectivity index (χ0n) is 13.0. The zero-order chi connectivity index (χ0) is 14.4. The topological polar surface area (TPSA) is 30.5 Å². The monoisotopic (exact) mass is 277 g/mol. The van der Waals surface area contributed by atoms with Crippen molar-refractivity contribution < 1.29 is 9.47 Å². The van der Waals surface area contributed by atoms with E-state index in [2.05, 4.69) is 37.4 Å². The molecule has 0 radical (unpaired) electrons. The highest BCUT2D eigenvalue weighted by Gasteiger charge is 2.34. The third-order valence-electron chi connectivity index (χ3n) is 4.32. The van der Waals surface area contributed by atoms with Gasteiger partial charge in [-0.1, -0.05) is 18.2 Å². The Morgan fingerprint density at radius 1 is 1.30 bits per heavy atom. The molecule has 112 valence electrons. The highest BCUT2D eigenvalue weighted by atomic mass is 16.5. The fourth-order valence-corrected chi connectivity index (χ4v) is 2.87. The van der Waals surface area contributed by atoms with Gasteiger partial charge in [0.05, 0.1) is 13.2 Å². The molecule has 0 saturated carbocycles. The Bertz CT molecular complexity index is 425. The van der Waals surface area contributed by atoms with Gasteiger partial charge in [0.25, 0.3) is 0 Å². The Hall–Kier alpha value is -0.900. The van der Waals surface area contributed by atoms with Crippen molar-refractivity contribution in [1.29, 1.82) is 0 Å². The Kier molecular flexibility index (Phi) is 5.58. The lowest BCUT2D eigenvalue weighted by Gasteiger charge is -2.28. The van der Waals surface area contributed by atoms with Crippen LogP contribution in [0, 0.1) is 19.3 Å². The van der Waals surface area contributed by atoms with Crippen LogP contribution in [0.1, 0.15) is 23.1 Å². The fourth-order valence-electron chi connectivity index (χ4n) is 2.87. The van der Waals surface area contributed by atoms with Crippen molar-refractivity contribution >= 4 is 0 Å². The van der Waals surface area contributed by atoms with Crippen molar-refractivity contribution in [2.24, 2.45) is 5.41 Å². The van der Waals surface area contributed by atoms with E-state index in [-0.39, 0.29) is 5.41 Å². The summed E-state index contributed by atoms with van der Waals surface area (Å²) in [6.07, 6.45) is 2.23. The molecule has 3 nitrogen and oxygen atoms in total. The van der Waals surface area contributed by atoms with Crippen molar-refractivity contribution in [2.45, 2.75) is 26.7 Å². The molecule has 1 fully saturated rings. The van der Waals surface area contributed by atoms with E-state index in [0.717, 1.165) is 45.8 Å². The van der Waals surface area contributed by atoms with Gasteiger partial charge in [-0.3, -0.25) is 0 Å². The van der Waals surface area contributed by atoms with Crippen LogP contribution in [-0.4, -0.2) is 40.0 Å². The zero-order valence-corrected chi connectivity index (χ0v) is 13.0. The highest BCUT2D eigenvalue weighted by molar-refractivity contribution is 5.30. The van der Waals surface area contributed by atoms with Crippen LogP contribution in [0.3, 0.4) is 0 Å². The molecule has 1 saturated heterocycles. The van der Waals surface area contributed by atoms with Crippen molar-refractivity contribution in [3.05, 3.63) is 34.9 Å². The maximum atomic E-state index is 5.67. The average Bonchev–Trinajstić information content (AvgIpc) is 2.88. The number of methoxy groups -OCH3 is 1. The largest absolute Gasteiger partial charge is 0.383 e. The fraction of sp³-hybridized carbons (Fsp3) is 0.647. The summed E-state index contributed by atoms with van der Waals surface area (Å²) in [6, 6.07) is 6.81. The molecule has 0 spiro atoms. The smallest absolute Gasteiger partial charge is 0.0587 e. The summed E-state index contributed by atoms with van der Waals surface area (Å²) in [5, 5.41) is 3.51. The molecule has 0 amide bonds. The molecule has 0 bridgehead atoms. The summed E-state index contributed by atoms with van der Waals surface area (Å²) in [5.41, 5.74) is 4.41. The summed E-state index contributed by atoms with van der Waals surface area (Å²) in [7, 11) is 1.74. The first kappa shape index (κ1) is 15.5. The minimum absolute atomic E-state index is 0.245. The Balaban J connectivity index is 1.99. The van der Waals surface area contributed by atoms with E-state index in [1.54, 1.807) is 7.11 Å². The van der Waals surface area contributed by atoms with E-state index >= 15 is 0 Å². The first-order valence-corrected chi connectivity index (χ1v) is 7.49. The lowest BCUT2D eigenvalue weighted by atomic mass is 9.80. The highest BCUT2D eigenvalue weighted by Crippen LogP contribution is 2.32. The summed E-state index contributed by atoms with van der Waals surface area (Å²) in [6.45, 7) is 8.78. The van der Waals surface area contributed by atoms with E-state index in [0.29, 0.717) is 0 Å². The molecule has 1 aromatic rings. The van der Waals surface area contributed by atoms with Crippen molar-refractivity contribution in [3.63, 3.8) is 0 Å². The van der Waals surface area contributed by atoms with Crippen molar-refractivity contribution in [1.82, 2.24) is 5.32 Å². The first-order valence-electron chi connectivity index (χ1n) is 7.49. The number of benzene rings is 1. The van der Waals surface area contributed by atoms with Crippen LogP contribution < -0.4 is 5.32 Å². The lowest BCUT2D eigenvalue weighted by molar-refractivity contribution is 0.145. The number of aryl methyl sites for hydroxylation is 2. The van der Waals surface area contributed by atoms with Crippen LogP contribution in [0.5, 0.6) is 0 Å². The second-order valence-corrected chi connectivity index (χ2v) is 6.07. The van der Waals surface area contributed by atoms with Crippen molar-refractivity contribution in [3.8, 4) is 0 Å². The van der Waals surface area contributed by atoms with Gasteiger partial charge < -0.3 is 14.8 Å². The molecule has 1 unspecified atom stereocenters. The van der Waals surface area contributed by atoms with Gasteiger partial charge in [0.1, 0.15) is 0 Å². The Morgan fingerprint density at radius 3 is 2.80 bits per heavy atom. The van der Waals surface area contributed by atoms with Gasteiger partial charge in [-0.25, -0.2) is 0 Å². The SMILES string of the molecule is COCCNCC1(Cc2ccc(C)c(C)c2)CCOC1. The van der Waals surface area contributed by atoms with Crippen LogP contribution in [0.2, 0.25) is 0 Å². The first-order chi connectivity index (χ1) is 9.65. The molecule has 3 heteroatoms. The molecule has 1 aliphatic rings. The number of ether oxygens (including phenoxy) is 2. The molecule has 1 atom stereocenters. The van der Waals surface area contributed by atoms with Gasteiger partial charge in [0.15, 0.2) is 0 Å². The number of rotatable bonds is 7. The van der Waals surface area contributed by atoms with Crippen LogP contribution >= 0.6 is 0 Å². The maximum absolute atomic E-state index is 5.67. The predicted octanol–water partition coefficient (Wildman–Crippen LogP) is 2.49. The third kappa shape index (κ3) is 4.05. The summed E-state index contributed by atoms with van der Waals surface area (Å²) < 4.78 is 10.8. The Morgan fingerprint density at radius 2 is 2.15 bits per heavy atom. The van der Waals surface area contributed by atoms with Crippen LogP contribution in [-0.2, 0) is 15.9 Å². The van der Waals surface area contributed by atoms with Gasteiger partial charge in [-0.2, -0.15) is 0 Å². The second-order valence-electron chi connectivity index (χ2n) is 6.07. The number of nitrogens with one attached hydrogen (secondary N) is 1. The molecule has 20 heavy (non-hydrogen) atoms. The number of hydrogen-bond acceptors (Lipinski definition) is 3. The molecular weight excluding hydrogens is 250 g/mol. The molecule has 1 aromatic carbocycles. The predicted molar refractivity (Wildman–Crippen MR) is 82.2 cm³/mol.